The second-order valence-electron chi connectivity index (χ2n) is 2.67. The number of carbonyl (C=O) groups excluding carboxylic acids is 1. The number of benzene rings is 1. The van der Waals surface area contributed by atoms with Gasteiger partial charge >= 0.3 is 11.9 Å². The van der Waals surface area contributed by atoms with E-state index in [2.05, 4.69) is 4.74 Å². The van der Waals surface area contributed by atoms with Crippen LogP contribution in [0.4, 0.5) is 8.78 Å². The third-order valence-corrected chi connectivity index (χ3v) is 1.49. The molecule has 0 saturated carbocycles. The number of hydrogen-bond acceptors (Lipinski definition) is 3. The topological polar surface area (TPSA) is 63.6 Å². The standard InChI is InChI=1S/C9H6F2O4/c1-4(12)15-8-6(10)2-5(9(13)14)3-7(8)11/h2-3H,1H3,(H,13,14). The molecule has 0 spiro atoms. The summed E-state index contributed by atoms with van der Waals surface area (Å²) in [6.07, 6.45) is 0. The summed E-state index contributed by atoms with van der Waals surface area (Å²) < 4.78 is 30.3. The molecule has 0 aliphatic heterocycles. The molecule has 1 aromatic rings. The van der Waals surface area contributed by atoms with Gasteiger partial charge in [-0.25, -0.2) is 13.6 Å². The van der Waals surface area contributed by atoms with Crippen LogP contribution in [0.3, 0.4) is 0 Å². The van der Waals surface area contributed by atoms with Crippen molar-refractivity contribution < 1.29 is 28.2 Å². The lowest BCUT2D eigenvalue weighted by molar-refractivity contribution is -0.132. The molecule has 0 unspecified atom stereocenters. The number of carbonyl (C=O) groups is 2. The average molecular weight is 216 g/mol. The first-order chi connectivity index (χ1) is 6.91. The predicted molar refractivity (Wildman–Crippen MR) is 44.6 cm³/mol. The molecule has 0 amide bonds. The Balaban J connectivity index is 3.21. The van der Waals surface area contributed by atoms with Gasteiger partial charge in [0, 0.05) is 6.92 Å². The first kappa shape index (κ1) is 11.1. The number of aromatic carboxylic acids is 1. The molecule has 0 atom stereocenters. The Labute approximate surface area is 83.1 Å². The van der Waals surface area contributed by atoms with Gasteiger partial charge in [0.1, 0.15) is 0 Å². The number of hydrogen-bond donors (Lipinski definition) is 1. The minimum Gasteiger partial charge on any atom is -0.478 e. The second kappa shape index (κ2) is 4.04. The molecular formula is C9H6F2O4. The molecule has 6 heteroatoms. The third kappa shape index (κ3) is 2.49. The van der Waals surface area contributed by atoms with Gasteiger partial charge in [0.15, 0.2) is 11.6 Å². The van der Waals surface area contributed by atoms with Crippen molar-refractivity contribution in [3.8, 4) is 5.75 Å². The zero-order valence-corrected chi connectivity index (χ0v) is 7.58. The van der Waals surface area contributed by atoms with Crippen molar-refractivity contribution in [1.29, 1.82) is 0 Å². The summed E-state index contributed by atoms with van der Waals surface area (Å²) in [7, 11) is 0. The first-order valence-corrected chi connectivity index (χ1v) is 3.82. The van der Waals surface area contributed by atoms with Crippen molar-refractivity contribution in [2.75, 3.05) is 0 Å². The lowest BCUT2D eigenvalue weighted by Crippen LogP contribution is -2.07. The van der Waals surface area contributed by atoms with Gasteiger partial charge in [-0.05, 0) is 12.1 Å². The SMILES string of the molecule is CC(=O)Oc1c(F)cc(C(=O)O)cc1F. The van der Waals surface area contributed by atoms with E-state index in [1.807, 2.05) is 0 Å². The molecule has 0 bridgehead atoms. The van der Waals surface area contributed by atoms with Crippen LogP contribution in [-0.2, 0) is 4.79 Å². The van der Waals surface area contributed by atoms with Gasteiger partial charge in [-0.15, -0.1) is 0 Å². The number of ether oxygens (including phenoxy) is 1. The van der Waals surface area contributed by atoms with E-state index in [9.17, 15) is 18.4 Å². The number of carboxylic acids is 1. The minimum absolute atomic E-state index is 0.555. The van der Waals surface area contributed by atoms with Crippen molar-refractivity contribution in [2.45, 2.75) is 6.92 Å². The Kier molecular flexibility index (Phi) is 2.99. The lowest BCUT2D eigenvalue weighted by atomic mass is 10.2. The van der Waals surface area contributed by atoms with Crippen molar-refractivity contribution in [3.05, 3.63) is 29.3 Å². The normalized spacial score (nSPS) is 9.80. The van der Waals surface area contributed by atoms with Crippen LogP contribution in [0.5, 0.6) is 5.75 Å². The summed E-state index contributed by atoms with van der Waals surface area (Å²) in [5.41, 5.74) is -0.555. The summed E-state index contributed by atoms with van der Waals surface area (Å²) in [4.78, 5) is 20.9. The van der Waals surface area contributed by atoms with Gasteiger partial charge in [0.25, 0.3) is 0 Å². The van der Waals surface area contributed by atoms with E-state index >= 15 is 0 Å². The molecule has 0 saturated heterocycles. The monoisotopic (exact) mass is 216 g/mol. The van der Waals surface area contributed by atoms with E-state index < -0.39 is 34.9 Å². The smallest absolute Gasteiger partial charge is 0.335 e. The van der Waals surface area contributed by atoms with Gasteiger partial charge in [-0.1, -0.05) is 0 Å². The maximum Gasteiger partial charge on any atom is 0.335 e. The Morgan fingerprint density at radius 2 is 1.73 bits per heavy atom. The van der Waals surface area contributed by atoms with Crippen LogP contribution in [0.1, 0.15) is 17.3 Å². The van der Waals surface area contributed by atoms with E-state index in [1.54, 1.807) is 0 Å². The highest BCUT2D eigenvalue weighted by molar-refractivity contribution is 5.87. The highest BCUT2D eigenvalue weighted by Crippen LogP contribution is 2.23. The fourth-order valence-electron chi connectivity index (χ4n) is 0.925. The molecule has 0 aromatic heterocycles. The number of rotatable bonds is 2. The number of esters is 1. The zero-order chi connectivity index (χ0) is 11.6. The maximum atomic E-state index is 13.1. The third-order valence-electron chi connectivity index (χ3n) is 1.49. The molecule has 1 aromatic carbocycles. The van der Waals surface area contributed by atoms with Gasteiger partial charge in [-0.3, -0.25) is 4.79 Å². The molecule has 4 nitrogen and oxygen atoms in total. The van der Waals surface area contributed by atoms with Gasteiger partial charge in [-0.2, -0.15) is 0 Å². The molecule has 1 N–H and O–H groups in total. The van der Waals surface area contributed by atoms with E-state index in [0.717, 1.165) is 6.92 Å². The van der Waals surface area contributed by atoms with Crippen LogP contribution >= 0.6 is 0 Å². The summed E-state index contributed by atoms with van der Waals surface area (Å²) in [5.74, 6) is -5.73. The quantitative estimate of drug-likeness (QED) is 0.602. The van der Waals surface area contributed by atoms with Crippen LogP contribution < -0.4 is 4.74 Å². The largest absolute Gasteiger partial charge is 0.478 e. The Morgan fingerprint density at radius 1 is 1.27 bits per heavy atom. The molecule has 1 rings (SSSR count). The molecule has 80 valence electrons. The average Bonchev–Trinajstić information content (AvgIpc) is 2.10. The molecule has 0 radical (unpaired) electrons. The highest BCUT2D eigenvalue weighted by atomic mass is 19.1. The van der Waals surface area contributed by atoms with Gasteiger partial charge in [0.2, 0.25) is 5.75 Å². The van der Waals surface area contributed by atoms with E-state index in [4.69, 9.17) is 5.11 Å². The fraction of sp³-hybridized carbons (Fsp3) is 0.111. The summed E-state index contributed by atoms with van der Waals surface area (Å²) in [5, 5.41) is 8.47. The molecule has 0 heterocycles. The van der Waals surface area contributed by atoms with Gasteiger partial charge in [0.05, 0.1) is 5.56 Å². The van der Waals surface area contributed by atoms with Crippen molar-refractivity contribution in [3.63, 3.8) is 0 Å². The Hall–Kier alpha value is -1.98. The van der Waals surface area contributed by atoms with E-state index in [-0.39, 0.29) is 0 Å². The number of carboxylic acid groups (broad SMARTS) is 1. The zero-order valence-electron chi connectivity index (χ0n) is 7.58. The fourth-order valence-corrected chi connectivity index (χ4v) is 0.925. The van der Waals surface area contributed by atoms with Crippen molar-refractivity contribution in [1.82, 2.24) is 0 Å². The summed E-state index contributed by atoms with van der Waals surface area (Å²) in [6.45, 7) is 0.976. The second-order valence-corrected chi connectivity index (χ2v) is 2.67. The van der Waals surface area contributed by atoms with Crippen LogP contribution in [0.15, 0.2) is 12.1 Å². The number of halogens is 2. The summed E-state index contributed by atoms with van der Waals surface area (Å²) >= 11 is 0. The van der Waals surface area contributed by atoms with Crippen molar-refractivity contribution in [2.24, 2.45) is 0 Å². The van der Waals surface area contributed by atoms with Crippen LogP contribution in [0.2, 0.25) is 0 Å². The van der Waals surface area contributed by atoms with Crippen LogP contribution in [-0.4, -0.2) is 17.0 Å². The Morgan fingerprint density at radius 3 is 2.07 bits per heavy atom. The van der Waals surface area contributed by atoms with E-state index in [1.165, 1.54) is 0 Å². The predicted octanol–water partition coefficient (Wildman–Crippen LogP) is 1.59. The molecule has 0 aliphatic carbocycles. The maximum absolute atomic E-state index is 13.1. The van der Waals surface area contributed by atoms with E-state index in [0.29, 0.717) is 12.1 Å². The van der Waals surface area contributed by atoms with Gasteiger partial charge < -0.3 is 9.84 Å². The lowest BCUT2D eigenvalue weighted by Gasteiger charge is -2.04. The highest BCUT2D eigenvalue weighted by Gasteiger charge is 2.17. The summed E-state index contributed by atoms with van der Waals surface area (Å²) in [6, 6.07) is 1.15. The van der Waals surface area contributed by atoms with Crippen LogP contribution in [0, 0.1) is 11.6 Å². The first-order valence-electron chi connectivity index (χ1n) is 3.82. The molecule has 0 aliphatic rings. The Bertz CT molecular complexity index is 405. The minimum atomic E-state index is -1.47. The molecular weight excluding hydrogens is 210 g/mol. The molecule has 0 fully saturated rings. The molecule has 15 heavy (non-hydrogen) atoms. The van der Waals surface area contributed by atoms with Crippen molar-refractivity contribution >= 4 is 11.9 Å². The van der Waals surface area contributed by atoms with Crippen LogP contribution in [0.25, 0.3) is 0 Å².